The lowest BCUT2D eigenvalue weighted by Crippen LogP contribution is -2.32. The van der Waals surface area contributed by atoms with E-state index in [-0.39, 0.29) is 17.3 Å². The van der Waals surface area contributed by atoms with Gasteiger partial charge in [-0.05, 0) is 31.5 Å². The maximum Gasteiger partial charge on any atom is 0.264 e. The third kappa shape index (κ3) is 2.94. The molecule has 2 aromatic carbocycles. The van der Waals surface area contributed by atoms with Crippen molar-refractivity contribution in [2.45, 2.75) is 25.2 Å². The van der Waals surface area contributed by atoms with Crippen LogP contribution in [0.25, 0.3) is 11.3 Å². The number of carbonyl (C=O) groups is 1. The molecule has 0 unspecified atom stereocenters. The van der Waals surface area contributed by atoms with Crippen molar-refractivity contribution in [3.05, 3.63) is 65.9 Å². The zero-order valence-electron chi connectivity index (χ0n) is 15.1. The molecule has 0 saturated carbocycles. The van der Waals surface area contributed by atoms with Gasteiger partial charge in [-0.25, -0.2) is 13.1 Å². The Bertz CT molecular complexity index is 1130. The number of nitrogens with zero attached hydrogens (tertiary/aromatic N) is 3. The van der Waals surface area contributed by atoms with Gasteiger partial charge in [0.1, 0.15) is 0 Å². The fraction of sp³-hybridized carbons (Fsp3) is 0.200. The minimum absolute atomic E-state index is 0.176. The van der Waals surface area contributed by atoms with Gasteiger partial charge in [-0.1, -0.05) is 35.9 Å². The van der Waals surface area contributed by atoms with Gasteiger partial charge in [0.05, 0.1) is 16.3 Å². The Morgan fingerprint density at radius 3 is 2.48 bits per heavy atom. The Labute approximate surface area is 158 Å². The number of aryl methyl sites for hydroxylation is 1. The van der Waals surface area contributed by atoms with Crippen LogP contribution in [0.3, 0.4) is 0 Å². The monoisotopic (exact) mass is 381 g/mol. The van der Waals surface area contributed by atoms with Gasteiger partial charge in [-0.2, -0.15) is 5.10 Å². The van der Waals surface area contributed by atoms with E-state index in [1.54, 1.807) is 36.5 Å². The smallest absolute Gasteiger partial charge is 0.264 e. The van der Waals surface area contributed by atoms with Crippen LogP contribution in [0.15, 0.2) is 59.6 Å². The molecule has 1 aromatic heterocycles. The quantitative estimate of drug-likeness (QED) is 0.683. The number of hydrogen-bond donors (Lipinski definition) is 0. The van der Waals surface area contributed by atoms with Gasteiger partial charge >= 0.3 is 0 Å². The maximum atomic E-state index is 13.3. The predicted molar refractivity (Wildman–Crippen MR) is 103 cm³/mol. The van der Waals surface area contributed by atoms with Gasteiger partial charge in [0.15, 0.2) is 0 Å². The van der Waals surface area contributed by atoms with E-state index in [4.69, 9.17) is 0 Å². The summed E-state index contributed by atoms with van der Waals surface area (Å²) in [5.41, 5.74) is 3.80. The average molecular weight is 381 g/mol. The molecule has 0 radical (unpaired) electrons. The highest BCUT2D eigenvalue weighted by molar-refractivity contribution is 7.92. The molecule has 0 bridgehead atoms. The molecule has 0 atom stereocenters. The minimum Gasteiger partial charge on any atom is -0.273 e. The van der Waals surface area contributed by atoms with E-state index in [1.165, 1.54) is 15.9 Å². The summed E-state index contributed by atoms with van der Waals surface area (Å²) < 4.78 is 29.4. The van der Waals surface area contributed by atoms with E-state index in [0.717, 1.165) is 11.1 Å². The molecule has 2 heterocycles. The van der Waals surface area contributed by atoms with E-state index in [2.05, 4.69) is 5.10 Å². The second-order valence-electron chi connectivity index (χ2n) is 6.62. The third-order valence-corrected chi connectivity index (χ3v) is 6.56. The molecule has 138 valence electrons. The molecular formula is C20H19N3O3S. The lowest BCUT2D eigenvalue weighted by molar-refractivity contribution is 0.0921. The van der Waals surface area contributed by atoms with Crippen LogP contribution in [0, 0.1) is 6.92 Å². The van der Waals surface area contributed by atoms with Gasteiger partial charge in [-0.15, -0.1) is 0 Å². The van der Waals surface area contributed by atoms with Crippen LogP contribution in [0.2, 0.25) is 0 Å². The van der Waals surface area contributed by atoms with Gasteiger partial charge in [0.25, 0.3) is 10.0 Å². The number of aromatic nitrogens is 2. The van der Waals surface area contributed by atoms with Crippen LogP contribution >= 0.6 is 0 Å². The normalized spacial score (nSPS) is 13.6. The number of para-hydroxylation sites is 1. The molecule has 4 rings (SSSR count). The summed E-state index contributed by atoms with van der Waals surface area (Å²) in [4.78, 5) is 12.0. The first kappa shape index (κ1) is 17.5. The minimum atomic E-state index is -3.71. The van der Waals surface area contributed by atoms with Gasteiger partial charge < -0.3 is 0 Å². The lowest BCUT2D eigenvalue weighted by atomic mass is 10.1. The number of rotatable bonds is 2. The van der Waals surface area contributed by atoms with Gasteiger partial charge in [0.2, 0.25) is 5.91 Å². The molecule has 1 aliphatic heterocycles. The second kappa shape index (κ2) is 6.35. The molecule has 3 aromatic rings. The van der Waals surface area contributed by atoms with E-state index < -0.39 is 10.0 Å². The van der Waals surface area contributed by atoms with E-state index in [0.29, 0.717) is 23.4 Å². The summed E-state index contributed by atoms with van der Waals surface area (Å²) in [6.07, 6.45) is 2.17. The van der Waals surface area contributed by atoms with Crippen molar-refractivity contribution in [3.63, 3.8) is 0 Å². The fourth-order valence-corrected chi connectivity index (χ4v) is 4.79. The molecule has 0 saturated heterocycles. The Morgan fingerprint density at radius 1 is 1.07 bits per heavy atom. The van der Waals surface area contributed by atoms with E-state index in [9.17, 15) is 13.2 Å². The SMILES string of the molecule is CC(=O)n1cc2c(n1)-c1ccccc1N(S(=O)(=O)c1ccc(C)cc1)CC2. The first-order valence-electron chi connectivity index (χ1n) is 8.66. The summed E-state index contributed by atoms with van der Waals surface area (Å²) in [5, 5.41) is 4.40. The number of hydrogen-bond acceptors (Lipinski definition) is 4. The van der Waals surface area contributed by atoms with Crippen LogP contribution in [0.5, 0.6) is 0 Å². The Morgan fingerprint density at radius 2 is 1.78 bits per heavy atom. The zero-order chi connectivity index (χ0) is 19.2. The molecule has 0 aliphatic carbocycles. The van der Waals surface area contributed by atoms with Crippen molar-refractivity contribution in [3.8, 4) is 11.3 Å². The van der Waals surface area contributed by atoms with Crippen molar-refractivity contribution in [1.29, 1.82) is 0 Å². The summed E-state index contributed by atoms with van der Waals surface area (Å²) >= 11 is 0. The summed E-state index contributed by atoms with van der Waals surface area (Å²) in [6, 6.07) is 14.1. The zero-order valence-corrected chi connectivity index (χ0v) is 15.9. The Kier molecular flexibility index (Phi) is 4.11. The highest BCUT2D eigenvalue weighted by Crippen LogP contribution is 2.37. The van der Waals surface area contributed by atoms with Crippen molar-refractivity contribution < 1.29 is 13.2 Å². The number of sulfonamides is 1. The molecule has 0 N–H and O–H groups in total. The summed E-state index contributed by atoms with van der Waals surface area (Å²) in [6.45, 7) is 3.65. The maximum absolute atomic E-state index is 13.3. The largest absolute Gasteiger partial charge is 0.273 e. The molecule has 7 heteroatoms. The first-order chi connectivity index (χ1) is 12.9. The van der Waals surface area contributed by atoms with Crippen LogP contribution in [-0.2, 0) is 16.4 Å². The van der Waals surface area contributed by atoms with Crippen molar-refractivity contribution in [2.75, 3.05) is 10.8 Å². The van der Waals surface area contributed by atoms with Gasteiger partial charge in [-0.3, -0.25) is 9.10 Å². The van der Waals surface area contributed by atoms with Crippen molar-refractivity contribution >= 4 is 21.6 Å². The highest BCUT2D eigenvalue weighted by Gasteiger charge is 2.31. The Hall–Kier alpha value is -2.93. The molecule has 6 nitrogen and oxygen atoms in total. The predicted octanol–water partition coefficient (Wildman–Crippen LogP) is 3.27. The number of anilines is 1. The summed E-state index contributed by atoms with van der Waals surface area (Å²) in [7, 11) is -3.71. The molecule has 0 spiro atoms. The second-order valence-corrected chi connectivity index (χ2v) is 8.49. The fourth-order valence-electron chi connectivity index (χ4n) is 3.30. The lowest BCUT2D eigenvalue weighted by Gasteiger charge is -2.24. The van der Waals surface area contributed by atoms with Gasteiger partial charge in [0, 0.05) is 30.8 Å². The number of benzene rings is 2. The topological polar surface area (TPSA) is 72.3 Å². The van der Waals surface area contributed by atoms with Crippen LogP contribution in [0.1, 0.15) is 22.8 Å². The van der Waals surface area contributed by atoms with Crippen LogP contribution < -0.4 is 4.31 Å². The number of fused-ring (bicyclic) bond motifs is 3. The van der Waals surface area contributed by atoms with Crippen molar-refractivity contribution in [2.24, 2.45) is 0 Å². The highest BCUT2D eigenvalue weighted by atomic mass is 32.2. The molecule has 1 aliphatic rings. The standard InChI is InChI=1S/C20H19N3O3S/c1-14-7-9-17(10-8-14)27(25,26)23-12-11-16-13-22(15(2)24)21-20(16)18-5-3-4-6-19(18)23/h3-10,13H,11-12H2,1-2H3. The van der Waals surface area contributed by atoms with Crippen LogP contribution in [-0.4, -0.2) is 30.7 Å². The molecular weight excluding hydrogens is 362 g/mol. The third-order valence-electron chi connectivity index (χ3n) is 4.73. The van der Waals surface area contributed by atoms with Crippen molar-refractivity contribution in [1.82, 2.24) is 9.78 Å². The molecule has 0 fully saturated rings. The summed E-state index contributed by atoms with van der Waals surface area (Å²) in [5.74, 6) is -0.176. The van der Waals surface area contributed by atoms with Crippen LogP contribution in [0.4, 0.5) is 5.69 Å². The van der Waals surface area contributed by atoms with E-state index in [1.807, 2.05) is 25.1 Å². The molecule has 0 amide bonds. The molecule has 27 heavy (non-hydrogen) atoms. The first-order valence-corrected chi connectivity index (χ1v) is 10.1. The average Bonchev–Trinajstić information content (AvgIpc) is 3.00. The van der Waals surface area contributed by atoms with E-state index >= 15 is 0 Å². The number of carbonyl (C=O) groups excluding carboxylic acids is 1. The Balaban J connectivity index is 1.86.